The highest BCUT2D eigenvalue weighted by atomic mass is 79.9. The lowest BCUT2D eigenvalue weighted by Gasteiger charge is -2.03. The maximum atomic E-state index is 11.6. The molecule has 0 bridgehead atoms. The molecule has 4 heteroatoms. The van der Waals surface area contributed by atoms with Gasteiger partial charge in [-0.25, -0.2) is 0 Å². The van der Waals surface area contributed by atoms with Crippen molar-refractivity contribution in [2.45, 2.75) is 13.3 Å². The van der Waals surface area contributed by atoms with Crippen LogP contribution in [0.1, 0.15) is 23.7 Å². The summed E-state index contributed by atoms with van der Waals surface area (Å²) in [6.45, 7) is 2.74. The van der Waals surface area contributed by atoms with Crippen molar-refractivity contribution in [1.82, 2.24) is 0 Å². The van der Waals surface area contributed by atoms with Crippen LogP contribution in [0.2, 0.25) is 5.02 Å². The Labute approximate surface area is 103 Å². The van der Waals surface area contributed by atoms with Crippen LogP contribution in [0.4, 0.5) is 0 Å². The van der Waals surface area contributed by atoms with E-state index in [1.165, 1.54) is 0 Å². The summed E-state index contributed by atoms with van der Waals surface area (Å²) in [4.78, 5) is 11.6. The molecule has 0 aliphatic carbocycles. The fourth-order valence-corrected chi connectivity index (χ4v) is 1.56. The Hall–Kier alpha value is -0.380. The topological polar surface area (TPSA) is 26.3 Å². The van der Waals surface area contributed by atoms with Crippen LogP contribution < -0.4 is 0 Å². The quantitative estimate of drug-likeness (QED) is 0.610. The van der Waals surface area contributed by atoms with Crippen LogP contribution in [0, 0.1) is 0 Å². The van der Waals surface area contributed by atoms with E-state index in [1.54, 1.807) is 18.2 Å². The number of benzene rings is 1. The zero-order valence-electron chi connectivity index (χ0n) is 8.43. The number of rotatable bonds is 5. The number of ketones is 1. The van der Waals surface area contributed by atoms with E-state index in [0.29, 0.717) is 17.2 Å². The van der Waals surface area contributed by atoms with E-state index < -0.39 is 0 Å². The molecule has 0 amide bonds. The van der Waals surface area contributed by atoms with Crippen LogP contribution in [-0.2, 0) is 4.74 Å². The zero-order valence-corrected chi connectivity index (χ0v) is 10.8. The molecule has 0 heterocycles. The Morgan fingerprint density at radius 2 is 2.27 bits per heavy atom. The normalized spacial score (nSPS) is 10.3. The van der Waals surface area contributed by atoms with Gasteiger partial charge in [0.15, 0.2) is 5.78 Å². The summed E-state index contributed by atoms with van der Waals surface area (Å²) in [5.41, 5.74) is 0.613. The summed E-state index contributed by atoms with van der Waals surface area (Å²) in [7, 11) is 0. The van der Waals surface area contributed by atoms with Crippen LogP contribution >= 0.6 is 27.5 Å². The molecule has 0 unspecified atom stereocenters. The lowest BCUT2D eigenvalue weighted by molar-refractivity contribution is 0.0761. The van der Waals surface area contributed by atoms with Gasteiger partial charge in [0.05, 0.1) is 5.02 Å². The van der Waals surface area contributed by atoms with Crippen LogP contribution in [-0.4, -0.2) is 19.0 Å². The predicted molar refractivity (Wildman–Crippen MR) is 64.6 cm³/mol. The highest BCUT2D eigenvalue weighted by molar-refractivity contribution is 9.10. The average Bonchev–Trinajstić information content (AvgIpc) is 2.22. The lowest BCUT2D eigenvalue weighted by Crippen LogP contribution is -2.09. The van der Waals surface area contributed by atoms with Crippen LogP contribution in [0.25, 0.3) is 0 Å². The van der Waals surface area contributed by atoms with Crippen LogP contribution in [0.15, 0.2) is 22.7 Å². The predicted octanol–water partition coefficient (Wildman–Crippen LogP) is 3.71. The number of hydrogen-bond donors (Lipinski definition) is 0. The van der Waals surface area contributed by atoms with Gasteiger partial charge >= 0.3 is 0 Å². The summed E-state index contributed by atoms with van der Waals surface area (Å²) in [6.07, 6.45) is 0.914. The van der Waals surface area contributed by atoms with Crippen molar-refractivity contribution < 1.29 is 9.53 Å². The Kier molecular flexibility index (Phi) is 5.29. The molecule has 0 radical (unpaired) electrons. The lowest BCUT2D eigenvalue weighted by atomic mass is 10.1. The smallest absolute Gasteiger partial charge is 0.188 e. The fraction of sp³-hybridized carbons (Fsp3) is 0.364. The van der Waals surface area contributed by atoms with Gasteiger partial charge in [-0.2, -0.15) is 0 Å². The summed E-state index contributed by atoms with van der Waals surface area (Å²) in [6, 6.07) is 5.10. The summed E-state index contributed by atoms with van der Waals surface area (Å²) < 4.78 is 5.90. The number of carbonyl (C=O) groups excluding carboxylic acids is 1. The van der Waals surface area contributed by atoms with Gasteiger partial charge in [0.25, 0.3) is 0 Å². The van der Waals surface area contributed by atoms with Crippen molar-refractivity contribution >= 4 is 33.3 Å². The van der Waals surface area contributed by atoms with E-state index in [2.05, 4.69) is 15.9 Å². The van der Waals surface area contributed by atoms with Crippen molar-refractivity contribution in [2.24, 2.45) is 0 Å². The minimum atomic E-state index is -0.0270. The molecular weight excluding hydrogens is 279 g/mol. The molecule has 0 aromatic heterocycles. The van der Waals surface area contributed by atoms with E-state index in [1.807, 2.05) is 6.92 Å². The van der Waals surface area contributed by atoms with Gasteiger partial charge in [0.2, 0.25) is 0 Å². The zero-order chi connectivity index (χ0) is 11.3. The Balaban J connectivity index is 2.62. The first-order valence-electron chi connectivity index (χ1n) is 4.71. The molecule has 1 rings (SSSR count). The van der Waals surface area contributed by atoms with E-state index in [4.69, 9.17) is 16.3 Å². The molecule has 1 aromatic rings. The fourth-order valence-electron chi connectivity index (χ4n) is 1.06. The second-order valence-electron chi connectivity index (χ2n) is 3.10. The molecule has 0 spiro atoms. The number of Topliss-reactive ketones (excluding diaryl/α,β-unsaturated/α-hetero) is 1. The van der Waals surface area contributed by atoms with E-state index >= 15 is 0 Å². The van der Waals surface area contributed by atoms with Gasteiger partial charge < -0.3 is 4.74 Å². The van der Waals surface area contributed by atoms with Gasteiger partial charge in [0.1, 0.15) is 6.61 Å². The van der Waals surface area contributed by atoms with Crippen molar-refractivity contribution in [1.29, 1.82) is 0 Å². The molecule has 0 saturated heterocycles. The second-order valence-corrected chi connectivity index (χ2v) is 4.37. The molecule has 0 saturated carbocycles. The van der Waals surface area contributed by atoms with Gasteiger partial charge in [-0.15, -0.1) is 0 Å². The first-order valence-corrected chi connectivity index (χ1v) is 5.88. The van der Waals surface area contributed by atoms with E-state index in [9.17, 15) is 4.79 Å². The molecule has 15 heavy (non-hydrogen) atoms. The minimum absolute atomic E-state index is 0.0270. The van der Waals surface area contributed by atoms with Crippen molar-refractivity contribution in [3.05, 3.63) is 33.3 Å². The third kappa shape index (κ3) is 3.93. The Bertz CT molecular complexity index is 352. The second kappa shape index (κ2) is 6.26. The maximum absolute atomic E-state index is 11.6. The molecular formula is C11H12BrClO2. The Morgan fingerprint density at radius 1 is 1.53 bits per heavy atom. The van der Waals surface area contributed by atoms with Crippen LogP contribution in [0.3, 0.4) is 0 Å². The maximum Gasteiger partial charge on any atom is 0.188 e. The third-order valence-corrected chi connectivity index (χ3v) is 3.04. The molecule has 1 aromatic carbocycles. The van der Waals surface area contributed by atoms with Gasteiger partial charge in [-0.05, 0) is 40.5 Å². The van der Waals surface area contributed by atoms with Crippen molar-refractivity contribution in [3.63, 3.8) is 0 Å². The Morgan fingerprint density at radius 3 is 2.87 bits per heavy atom. The van der Waals surface area contributed by atoms with E-state index in [-0.39, 0.29) is 12.4 Å². The number of carbonyl (C=O) groups is 1. The van der Waals surface area contributed by atoms with Gasteiger partial charge in [-0.1, -0.05) is 18.5 Å². The summed E-state index contributed by atoms with van der Waals surface area (Å²) >= 11 is 9.09. The highest BCUT2D eigenvalue weighted by Gasteiger charge is 2.07. The van der Waals surface area contributed by atoms with Crippen molar-refractivity contribution in [3.8, 4) is 0 Å². The van der Waals surface area contributed by atoms with Crippen molar-refractivity contribution in [2.75, 3.05) is 13.2 Å². The first kappa shape index (κ1) is 12.7. The van der Waals surface area contributed by atoms with E-state index in [0.717, 1.165) is 10.9 Å². The molecule has 0 N–H and O–H groups in total. The minimum Gasteiger partial charge on any atom is -0.373 e. The SMILES string of the molecule is CCCOCC(=O)c1ccc(Cl)c(Br)c1. The molecule has 0 atom stereocenters. The van der Waals surface area contributed by atoms with Gasteiger partial charge in [0, 0.05) is 16.6 Å². The first-order chi connectivity index (χ1) is 7.15. The van der Waals surface area contributed by atoms with Crippen LogP contribution in [0.5, 0.6) is 0 Å². The molecule has 82 valence electrons. The summed E-state index contributed by atoms with van der Waals surface area (Å²) in [5, 5.41) is 0.598. The number of halogens is 2. The molecule has 0 aliphatic heterocycles. The third-order valence-electron chi connectivity index (χ3n) is 1.82. The number of ether oxygens (including phenoxy) is 1. The summed E-state index contributed by atoms with van der Waals surface area (Å²) in [5.74, 6) is -0.0270. The monoisotopic (exact) mass is 290 g/mol. The molecule has 0 aliphatic rings. The average molecular weight is 292 g/mol. The molecule has 2 nitrogen and oxygen atoms in total. The number of hydrogen-bond acceptors (Lipinski definition) is 2. The van der Waals surface area contributed by atoms with Gasteiger partial charge in [-0.3, -0.25) is 4.79 Å². The largest absolute Gasteiger partial charge is 0.373 e. The molecule has 0 fully saturated rings. The standard InChI is InChI=1S/C11H12BrClO2/c1-2-5-15-7-11(14)8-3-4-10(13)9(12)6-8/h3-4,6H,2,5,7H2,1H3. The highest BCUT2D eigenvalue weighted by Crippen LogP contribution is 2.23.